The summed E-state index contributed by atoms with van der Waals surface area (Å²) < 4.78 is 68.5. The van der Waals surface area contributed by atoms with Gasteiger partial charge < -0.3 is 33.8 Å². The quantitative estimate of drug-likeness (QED) is 0.0222. The van der Waals surface area contributed by atoms with Gasteiger partial charge in [-0.15, -0.1) is 0 Å². The molecule has 93 heavy (non-hydrogen) atoms. The standard InChI is InChI=1S/C74H144O17P2/c1-8-11-12-13-14-15-16-17-18-19-20-21-26-36-43-50-57-73(78)90-69(61-84-71(76)55-48-41-34-25-23-22-24-31-38-45-52-65(4)5)63-88-92(80,81)86-59-68(75)60-87-93(82,83)89-64-70(91-74(79)58-51-44-37-30-28-33-40-47-54-67(7)10-3)62-85-72(77)56-49-42-35-29-27-32-39-46-53-66(6)9-2/h65-70,75H,8-64H2,1-7H3,(H,80,81)(H,82,83)/t66?,67?,68-,69-,70-/m1/s1. The number of aliphatic hydroxyl groups is 1. The molecule has 0 aromatic carbocycles. The number of phosphoric acid groups is 2. The van der Waals surface area contributed by atoms with Crippen molar-refractivity contribution in [3.05, 3.63) is 0 Å². The van der Waals surface area contributed by atoms with Gasteiger partial charge in [0.15, 0.2) is 12.2 Å². The Morgan fingerprint density at radius 3 is 0.817 bits per heavy atom. The van der Waals surface area contributed by atoms with E-state index in [9.17, 15) is 43.2 Å². The van der Waals surface area contributed by atoms with Crippen LogP contribution in [-0.2, 0) is 65.4 Å². The van der Waals surface area contributed by atoms with Crippen LogP contribution in [0.25, 0.3) is 0 Å². The molecule has 19 heteroatoms. The first-order valence-electron chi connectivity index (χ1n) is 38.4. The first-order chi connectivity index (χ1) is 44.8. The molecule has 0 fully saturated rings. The normalized spacial score (nSPS) is 14.7. The highest BCUT2D eigenvalue weighted by molar-refractivity contribution is 7.47. The van der Waals surface area contributed by atoms with E-state index in [-0.39, 0.29) is 25.7 Å². The maximum absolute atomic E-state index is 13.1. The van der Waals surface area contributed by atoms with Gasteiger partial charge in [0.1, 0.15) is 19.3 Å². The summed E-state index contributed by atoms with van der Waals surface area (Å²) in [6, 6.07) is 0. The lowest BCUT2D eigenvalue weighted by molar-refractivity contribution is -0.161. The van der Waals surface area contributed by atoms with Gasteiger partial charge in [0, 0.05) is 25.7 Å². The van der Waals surface area contributed by atoms with E-state index in [0.29, 0.717) is 25.7 Å². The number of esters is 4. The Kier molecular flexibility index (Phi) is 63.4. The molecule has 0 saturated carbocycles. The third kappa shape index (κ3) is 65.8. The molecule has 0 aliphatic rings. The van der Waals surface area contributed by atoms with Crippen LogP contribution in [0.4, 0.5) is 0 Å². The van der Waals surface area contributed by atoms with E-state index in [4.69, 9.17) is 37.0 Å². The van der Waals surface area contributed by atoms with Crippen LogP contribution in [0.15, 0.2) is 0 Å². The van der Waals surface area contributed by atoms with Crippen molar-refractivity contribution >= 4 is 39.5 Å². The van der Waals surface area contributed by atoms with Crippen molar-refractivity contribution in [2.45, 2.75) is 394 Å². The van der Waals surface area contributed by atoms with Crippen molar-refractivity contribution in [1.82, 2.24) is 0 Å². The number of unbranched alkanes of at least 4 members (excludes halogenated alkanes) is 38. The summed E-state index contributed by atoms with van der Waals surface area (Å²) in [7, 11) is -9.91. The van der Waals surface area contributed by atoms with Crippen LogP contribution in [0, 0.1) is 17.8 Å². The lowest BCUT2D eigenvalue weighted by atomic mass is 9.99. The summed E-state index contributed by atoms with van der Waals surface area (Å²) >= 11 is 0. The van der Waals surface area contributed by atoms with Gasteiger partial charge >= 0.3 is 39.5 Å². The molecule has 0 rings (SSSR count). The predicted molar refractivity (Wildman–Crippen MR) is 377 cm³/mol. The minimum atomic E-state index is -4.96. The molecule has 0 aromatic heterocycles. The fourth-order valence-electron chi connectivity index (χ4n) is 11.2. The molecule has 0 spiro atoms. The second-order valence-electron chi connectivity index (χ2n) is 27.6. The molecule has 17 nitrogen and oxygen atoms in total. The van der Waals surface area contributed by atoms with Crippen LogP contribution in [0.2, 0.25) is 0 Å². The molecule has 0 radical (unpaired) electrons. The summed E-state index contributed by atoms with van der Waals surface area (Å²) in [5.74, 6) is 0.185. The Morgan fingerprint density at radius 1 is 0.312 bits per heavy atom. The molecule has 0 aliphatic carbocycles. The van der Waals surface area contributed by atoms with Crippen molar-refractivity contribution in [3.8, 4) is 0 Å². The van der Waals surface area contributed by atoms with Crippen LogP contribution in [0.3, 0.4) is 0 Å². The third-order valence-electron chi connectivity index (χ3n) is 17.9. The SMILES string of the molecule is CCCCCCCCCCCCCCCCCCC(=O)O[C@H](COC(=O)CCCCCCCCCCCCC(C)C)COP(=O)(O)OC[C@@H](O)COP(=O)(O)OC[C@@H](COC(=O)CCCCCCCCCCC(C)CC)OC(=O)CCCCCCCCCCC(C)CC. The Labute approximate surface area is 568 Å². The number of hydrogen-bond acceptors (Lipinski definition) is 15. The zero-order valence-electron chi connectivity index (χ0n) is 60.7. The Balaban J connectivity index is 5.27. The van der Waals surface area contributed by atoms with E-state index in [2.05, 4.69) is 48.5 Å². The summed E-state index contributed by atoms with van der Waals surface area (Å²) in [6.45, 7) is 11.9. The van der Waals surface area contributed by atoms with Crippen molar-refractivity contribution in [3.63, 3.8) is 0 Å². The molecule has 0 aliphatic heterocycles. The lowest BCUT2D eigenvalue weighted by Crippen LogP contribution is -2.30. The second-order valence-corrected chi connectivity index (χ2v) is 30.6. The fourth-order valence-corrected chi connectivity index (χ4v) is 12.8. The molecular weight excluding hydrogens is 1220 g/mol. The first-order valence-corrected chi connectivity index (χ1v) is 41.4. The highest BCUT2D eigenvalue weighted by atomic mass is 31.2. The lowest BCUT2D eigenvalue weighted by Gasteiger charge is -2.21. The molecule has 0 heterocycles. The Hall–Kier alpha value is -1.94. The van der Waals surface area contributed by atoms with Gasteiger partial charge in [0.05, 0.1) is 26.4 Å². The van der Waals surface area contributed by atoms with Crippen LogP contribution in [0.5, 0.6) is 0 Å². The molecule has 0 bridgehead atoms. The van der Waals surface area contributed by atoms with E-state index in [1.54, 1.807) is 0 Å². The smallest absolute Gasteiger partial charge is 0.462 e. The van der Waals surface area contributed by atoms with Crippen molar-refractivity contribution in [2.75, 3.05) is 39.6 Å². The third-order valence-corrected chi connectivity index (χ3v) is 19.8. The maximum atomic E-state index is 13.1. The minimum absolute atomic E-state index is 0.104. The van der Waals surface area contributed by atoms with Crippen molar-refractivity contribution < 1.29 is 80.2 Å². The number of hydrogen-bond donors (Lipinski definition) is 3. The van der Waals surface area contributed by atoms with Crippen LogP contribution in [-0.4, -0.2) is 96.7 Å². The molecule has 4 unspecified atom stereocenters. The van der Waals surface area contributed by atoms with Gasteiger partial charge in [0.2, 0.25) is 0 Å². The van der Waals surface area contributed by atoms with Gasteiger partial charge in [-0.1, -0.05) is 325 Å². The summed E-state index contributed by atoms with van der Waals surface area (Å²) in [5.41, 5.74) is 0. The molecule has 7 atom stereocenters. The van der Waals surface area contributed by atoms with Gasteiger partial charge in [-0.05, 0) is 43.4 Å². The van der Waals surface area contributed by atoms with Gasteiger partial charge in [0.25, 0.3) is 0 Å². The Morgan fingerprint density at radius 2 is 0.548 bits per heavy atom. The number of carbonyl (C=O) groups is 4. The fraction of sp³-hybridized carbons (Fsp3) is 0.946. The highest BCUT2D eigenvalue weighted by Gasteiger charge is 2.30. The van der Waals surface area contributed by atoms with Crippen LogP contribution in [0.1, 0.15) is 376 Å². The number of rotatable bonds is 72. The second kappa shape index (κ2) is 64.7. The molecule has 0 saturated heterocycles. The Bertz CT molecular complexity index is 1820. The van der Waals surface area contributed by atoms with E-state index in [1.165, 1.54) is 186 Å². The topological polar surface area (TPSA) is 237 Å². The minimum Gasteiger partial charge on any atom is -0.462 e. The van der Waals surface area contributed by atoms with Gasteiger partial charge in [-0.2, -0.15) is 0 Å². The van der Waals surface area contributed by atoms with Crippen LogP contribution < -0.4 is 0 Å². The molecule has 0 aromatic rings. The number of ether oxygens (including phenoxy) is 4. The summed E-state index contributed by atoms with van der Waals surface area (Å²) in [4.78, 5) is 72.8. The van der Waals surface area contributed by atoms with Gasteiger partial charge in [-0.25, -0.2) is 9.13 Å². The number of aliphatic hydroxyl groups excluding tert-OH is 1. The maximum Gasteiger partial charge on any atom is 0.472 e. The van der Waals surface area contributed by atoms with E-state index in [1.807, 2.05) is 0 Å². The number of phosphoric ester groups is 2. The zero-order valence-corrected chi connectivity index (χ0v) is 62.5. The summed E-state index contributed by atoms with van der Waals surface area (Å²) in [5, 5.41) is 10.6. The van der Waals surface area contributed by atoms with E-state index in [0.717, 1.165) is 108 Å². The molecule has 0 amide bonds. The summed E-state index contributed by atoms with van der Waals surface area (Å²) in [6.07, 6.45) is 49.8. The molecule has 3 N–H and O–H groups in total. The van der Waals surface area contributed by atoms with Crippen LogP contribution >= 0.6 is 15.6 Å². The van der Waals surface area contributed by atoms with Gasteiger partial charge in [-0.3, -0.25) is 37.3 Å². The van der Waals surface area contributed by atoms with E-state index >= 15 is 0 Å². The van der Waals surface area contributed by atoms with Crippen molar-refractivity contribution in [2.24, 2.45) is 17.8 Å². The highest BCUT2D eigenvalue weighted by Crippen LogP contribution is 2.45. The van der Waals surface area contributed by atoms with Crippen molar-refractivity contribution in [1.29, 1.82) is 0 Å². The van der Waals surface area contributed by atoms with E-state index < -0.39 is 97.5 Å². The first kappa shape index (κ1) is 91.1. The predicted octanol–water partition coefficient (Wildman–Crippen LogP) is 21.4. The molecular formula is C74H144O17P2. The number of carbonyl (C=O) groups excluding carboxylic acids is 4. The average molecular weight is 1370 g/mol. The average Bonchev–Trinajstić information content (AvgIpc) is 1.74. The largest absolute Gasteiger partial charge is 0.472 e. The molecule has 552 valence electrons. The monoisotopic (exact) mass is 1370 g/mol. The zero-order chi connectivity index (χ0) is 68.7.